The van der Waals surface area contributed by atoms with E-state index in [9.17, 15) is 18.0 Å². The van der Waals surface area contributed by atoms with E-state index in [0.717, 1.165) is 12.8 Å². The molecule has 1 saturated carbocycles. The molecule has 1 fully saturated rings. The first kappa shape index (κ1) is 11.0. The summed E-state index contributed by atoms with van der Waals surface area (Å²) in [5, 5.41) is 2.79. The Kier molecular flexibility index (Phi) is 2.61. The van der Waals surface area contributed by atoms with Gasteiger partial charge in [-0.05, 0) is 18.9 Å². The molecule has 0 heterocycles. The second-order valence-corrected chi connectivity index (χ2v) is 3.80. The van der Waals surface area contributed by atoms with Crippen molar-refractivity contribution < 1.29 is 18.0 Å². The third-order valence-electron chi connectivity index (χ3n) is 2.44. The van der Waals surface area contributed by atoms with Crippen LogP contribution in [0.2, 0.25) is 0 Å². The first-order chi connectivity index (χ1) is 7.52. The minimum atomic E-state index is -4.51. The molecular formula is C11H10F3NO. The summed E-state index contributed by atoms with van der Waals surface area (Å²) in [6.45, 7) is 0. The average molecular weight is 229 g/mol. The van der Waals surface area contributed by atoms with Crippen LogP contribution in [-0.2, 0) is 6.18 Å². The third-order valence-corrected chi connectivity index (χ3v) is 2.44. The summed E-state index contributed by atoms with van der Waals surface area (Å²) >= 11 is 0. The quantitative estimate of drug-likeness (QED) is 0.807. The molecule has 1 aromatic rings. The number of alkyl halides is 3. The summed E-state index contributed by atoms with van der Waals surface area (Å²) in [6, 6.07) is 4.09. The number of anilines is 1. The highest BCUT2D eigenvalue weighted by Gasteiger charge is 2.37. The summed E-state index contributed by atoms with van der Waals surface area (Å²) in [6.07, 6.45) is -2.51. The van der Waals surface area contributed by atoms with Crippen molar-refractivity contribution in [1.82, 2.24) is 0 Å². The zero-order valence-electron chi connectivity index (χ0n) is 8.34. The summed E-state index contributed by atoms with van der Waals surface area (Å²) < 4.78 is 38.3. The van der Waals surface area contributed by atoms with Gasteiger partial charge in [-0.1, -0.05) is 12.1 Å². The van der Waals surface area contributed by atoms with Gasteiger partial charge in [0.1, 0.15) is 0 Å². The second-order valence-electron chi connectivity index (χ2n) is 3.80. The normalized spacial score (nSPS) is 15.9. The molecule has 2 nitrogen and oxygen atoms in total. The maximum Gasteiger partial charge on any atom is 0.419 e. The first-order valence-corrected chi connectivity index (χ1v) is 4.94. The van der Waals surface area contributed by atoms with Gasteiger partial charge < -0.3 is 5.32 Å². The maximum absolute atomic E-state index is 12.8. The third kappa shape index (κ3) is 2.18. The Labute approximate surface area is 90.5 Å². The average Bonchev–Trinajstić information content (AvgIpc) is 2.99. The van der Waals surface area contributed by atoms with Gasteiger partial charge in [0.25, 0.3) is 0 Å². The summed E-state index contributed by atoms with van der Waals surface area (Å²) in [5.41, 5.74) is -1.19. The summed E-state index contributed by atoms with van der Waals surface area (Å²) in [5.74, 6) is 0. The number of hydrogen-bond donors (Lipinski definition) is 1. The van der Waals surface area contributed by atoms with E-state index in [0.29, 0.717) is 0 Å². The SMILES string of the molecule is O=Cc1cccc(NC2CC2)c1C(F)(F)F. The van der Waals surface area contributed by atoms with Crippen LogP contribution in [0.25, 0.3) is 0 Å². The zero-order valence-corrected chi connectivity index (χ0v) is 8.34. The fraction of sp³-hybridized carbons (Fsp3) is 0.364. The maximum atomic E-state index is 12.8. The molecule has 2 rings (SSSR count). The van der Waals surface area contributed by atoms with Crippen LogP contribution in [-0.4, -0.2) is 12.3 Å². The number of aldehydes is 1. The van der Waals surface area contributed by atoms with Gasteiger partial charge in [0.15, 0.2) is 6.29 Å². The number of halogens is 3. The van der Waals surface area contributed by atoms with Gasteiger partial charge >= 0.3 is 6.18 Å². The van der Waals surface area contributed by atoms with Crippen LogP contribution in [0.1, 0.15) is 28.8 Å². The van der Waals surface area contributed by atoms with Crippen LogP contribution >= 0.6 is 0 Å². The first-order valence-electron chi connectivity index (χ1n) is 4.94. The summed E-state index contributed by atoms with van der Waals surface area (Å²) in [4.78, 5) is 10.6. The van der Waals surface area contributed by atoms with Crippen molar-refractivity contribution in [2.24, 2.45) is 0 Å². The van der Waals surface area contributed by atoms with Gasteiger partial charge in [0.2, 0.25) is 0 Å². The number of benzene rings is 1. The van der Waals surface area contributed by atoms with E-state index in [1.54, 1.807) is 0 Å². The van der Waals surface area contributed by atoms with Crippen molar-refractivity contribution in [3.8, 4) is 0 Å². The molecule has 0 unspecified atom stereocenters. The Hall–Kier alpha value is -1.52. The molecule has 5 heteroatoms. The molecule has 1 aliphatic carbocycles. The number of hydrogen-bond acceptors (Lipinski definition) is 2. The highest BCUT2D eigenvalue weighted by Crippen LogP contribution is 2.38. The lowest BCUT2D eigenvalue weighted by molar-refractivity contribution is -0.137. The monoisotopic (exact) mass is 229 g/mol. The summed E-state index contributed by atoms with van der Waals surface area (Å²) in [7, 11) is 0. The van der Waals surface area contributed by atoms with E-state index in [2.05, 4.69) is 5.32 Å². The standard InChI is InChI=1S/C11H10F3NO/c12-11(13,14)10-7(6-16)2-1-3-9(10)15-8-4-5-8/h1-3,6,8,15H,4-5H2. The molecular weight excluding hydrogens is 219 g/mol. The lowest BCUT2D eigenvalue weighted by atomic mass is 10.1. The molecule has 1 aliphatic rings. The molecule has 0 saturated heterocycles. The number of carbonyl (C=O) groups excluding carboxylic acids is 1. The van der Waals surface area contributed by atoms with E-state index in [4.69, 9.17) is 0 Å². The van der Waals surface area contributed by atoms with E-state index in [1.165, 1.54) is 18.2 Å². The van der Waals surface area contributed by atoms with Gasteiger partial charge in [-0.3, -0.25) is 4.79 Å². The molecule has 0 bridgehead atoms. The van der Waals surface area contributed by atoms with Gasteiger partial charge in [0, 0.05) is 17.3 Å². The molecule has 0 atom stereocenters. The predicted octanol–water partition coefficient (Wildman–Crippen LogP) is 3.09. The minimum Gasteiger partial charge on any atom is -0.382 e. The topological polar surface area (TPSA) is 29.1 Å². The van der Waals surface area contributed by atoms with E-state index in [1.807, 2.05) is 0 Å². The number of nitrogens with one attached hydrogen (secondary N) is 1. The van der Waals surface area contributed by atoms with Crippen LogP contribution in [0.4, 0.5) is 18.9 Å². The van der Waals surface area contributed by atoms with Crippen molar-refractivity contribution in [2.45, 2.75) is 25.1 Å². The Morgan fingerprint density at radius 1 is 1.31 bits per heavy atom. The molecule has 0 radical (unpaired) electrons. The Balaban J connectivity index is 2.44. The highest BCUT2D eigenvalue weighted by molar-refractivity contribution is 5.81. The molecule has 86 valence electrons. The molecule has 0 spiro atoms. The van der Waals surface area contributed by atoms with Gasteiger partial charge in [-0.25, -0.2) is 0 Å². The van der Waals surface area contributed by atoms with E-state index < -0.39 is 11.7 Å². The van der Waals surface area contributed by atoms with Crippen molar-refractivity contribution in [3.63, 3.8) is 0 Å². The highest BCUT2D eigenvalue weighted by atomic mass is 19.4. The molecule has 1 N–H and O–H groups in total. The van der Waals surface area contributed by atoms with Gasteiger partial charge in [0.05, 0.1) is 5.56 Å². The van der Waals surface area contributed by atoms with Crippen LogP contribution in [0.5, 0.6) is 0 Å². The van der Waals surface area contributed by atoms with E-state index >= 15 is 0 Å². The van der Waals surface area contributed by atoms with Crippen LogP contribution in [0.3, 0.4) is 0 Å². The van der Waals surface area contributed by atoms with Gasteiger partial charge in [-0.2, -0.15) is 13.2 Å². The van der Waals surface area contributed by atoms with E-state index in [-0.39, 0.29) is 23.6 Å². The van der Waals surface area contributed by atoms with Crippen molar-refractivity contribution in [2.75, 3.05) is 5.32 Å². The molecule has 0 aromatic heterocycles. The minimum absolute atomic E-state index is 0.000370. The van der Waals surface area contributed by atoms with Crippen LogP contribution in [0, 0.1) is 0 Å². The number of carbonyl (C=O) groups is 1. The van der Waals surface area contributed by atoms with Crippen molar-refractivity contribution in [1.29, 1.82) is 0 Å². The Bertz CT molecular complexity index is 410. The predicted molar refractivity (Wildman–Crippen MR) is 53.5 cm³/mol. The van der Waals surface area contributed by atoms with Crippen LogP contribution < -0.4 is 5.32 Å². The fourth-order valence-electron chi connectivity index (χ4n) is 1.55. The lowest BCUT2D eigenvalue weighted by Crippen LogP contribution is -2.14. The lowest BCUT2D eigenvalue weighted by Gasteiger charge is -2.15. The van der Waals surface area contributed by atoms with Crippen LogP contribution in [0.15, 0.2) is 18.2 Å². The Morgan fingerprint density at radius 2 is 2.00 bits per heavy atom. The number of rotatable bonds is 3. The van der Waals surface area contributed by atoms with Crippen molar-refractivity contribution >= 4 is 12.0 Å². The molecule has 0 aliphatic heterocycles. The zero-order chi connectivity index (χ0) is 11.8. The largest absolute Gasteiger partial charge is 0.419 e. The van der Waals surface area contributed by atoms with Gasteiger partial charge in [-0.15, -0.1) is 0 Å². The molecule has 1 aromatic carbocycles. The Morgan fingerprint density at radius 3 is 2.50 bits per heavy atom. The van der Waals surface area contributed by atoms with Crippen molar-refractivity contribution in [3.05, 3.63) is 29.3 Å². The molecule has 16 heavy (non-hydrogen) atoms. The second kappa shape index (κ2) is 3.81. The fourth-order valence-corrected chi connectivity index (χ4v) is 1.55. The molecule has 0 amide bonds. The smallest absolute Gasteiger partial charge is 0.382 e.